The van der Waals surface area contributed by atoms with Crippen LogP contribution in [0.3, 0.4) is 0 Å². The Hall–Kier alpha value is -3.32. The largest absolute Gasteiger partial charge is 0.495 e. The minimum absolute atomic E-state index is 0.323. The van der Waals surface area contributed by atoms with Gasteiger partial charge >= 0.3 is 0 Å². The van der Waals surface area contributed by atoms with E-state index in [1.54, 1.807) is 18.2 Å². The zero-order valence-corrected chi connectivity index (χ0v) is 19.5. The topological polar surface area (TPSA) is 82.4 Å². The van der Waals surface area contributed by atoms with Gasteiger partial charge in [0.1, 0.15) is 17.5 Å². The van der Waals surface area contributed by atoms with Crippen LogP contribution in [0.2, 0.25) is 5.02 Å². The van der Waals surface area contributed by atoms with Gasteiger partial charge in [-0.25, -0.2) is 4.68 Å². The smallest absolute Gasteiger partial charge is 0.267 e. The first kappa shape index (κ1) is 23.3. The van der Waals surface area contributed by atoms with Crippen LogP contribution in [-0.4, -0.2) is 29.9 Å². The van der Waals surface area contributed by atoms with Gasteiger partial charge in [0.25, 0.3) is 5.56 Å². The fourth-order valence-electron chi connectivity index (χ4n) is 3.45. The van der Waals surface area contributed by atoms with E-state index in [2.05, 4.69) is 10.4 Å². The number of halogens is 1. The van der Waals surface area contributed by atoms with Gasteiger partial charge in [-0.3, -0.25) is 9.59 Å². The van der Waals surface area contributed by atoms with Gasteiger partial charge < -0.3 is 14.8 Å². The van der Waals surface area contributed by atoms with Crippen molar-refractivity contribution in [1.29, 1.82) is 0 Å². The molecule has 0 spiro atoms. The fourth-order valence-corrected chi connectivity index (χ4v) is 3.69. The Labute approximate surface area is 191 Å². The number of carbonyl (C=O) groups excluding carboxylic acids is 1. The Balaban J connectivity index is 1.98. The van der Waals surface area contributed by atoms with Crippen LogP contribution in [0.25, 0.3) is 11.3 Å². The van der Waals surface area contributed by atoms with E-state index in [-0.39, 0.29) is 5.56 Å². The van der Waals surface area contributed by atoms with Gasteiger partial charge in [0.05, 0.1) is 30.6 Å². The van der Waals surface area contributed by atoms with Gasteiger partial charge in [0.2, 0.25) is 5.91 Å². The third-order valence-corrected chi connectivity index (χ3v) is 5.51. The van der Waals surface area contributed by atoms with E-state index in [9.17, 15) is 9.59 Å². The molecule has 0 unspecified atom stereocenters. The number of aryl methyl sites for hydroxylation is 2. The monoisotopic (exact) mass is 455 g/mol. The standard InChI is InChI=1S/C24H26ClN3O4/c1-6-20(24(30)26-19-12-17(25)21(31-4)13-22(19)32-5)28-23(29)10-9-18(27-28)16-11-14(2)7-8-15(16)3/h7-13,20H,6H2,1-5H3,(H,26,30)/t20-/m1/s1. The van der Waals surface area contributed by atoms with Crippen LogP contribution in [0.4, 0.5) is 5.69 Å². The number of nitrogens with zero attached hydrogens (tertiary/aromatic N) is 2. The van der Waals surface area contributed by atoms with E-state index in [0.29, 0.717) is 34.3 Å². The lowest BCUT2D eigenvalue weighted by Crippen LogP contribution is -2.34. The van der Waals surface area contributed by atoms with Crippen molar-refractivity contribution >= 4 is 23.2 Å². The summed E-state index contributed by atoms with van der Waals surface area (Å²) < 4.78 is 11.8. The van der Waals surface area contributed by atoms with Crippen molar-refractivity contribution in [2.75, 3.05) is 19.5 Å². The number of hydrogen-bond acceptors (Lipinski definition) is 5. The fraction of sp³-hybridized carbons (Fsp3) is 0.292. The Morgan fingerprint density at radius 1 is 1.09 bits per heavy atom. The van der Waals surface area contributed by atoms with Crippen molar-refractivity contribution in [2.45, 2.75) is 33.2 Å². The molecule has 0 aliphatic carbocycles. The van der Waals surface area contributed by atoms with E-state index in [1.165, 1.54) is 25.0 Å². The second kappa shape index (κ2) is 9.87. The first-order chi connectivity index (χ1) is 15.3. The summed E-state index contributed by atoms with van der Waals surface area (Å²) in [4.78, 5) is 25.8. The minimum atomic E-state index is -0.821. The summed E-state index contributed by atoms with van der Waals surface area (Å²) in [6.07, 6.45) is 0.362. The summed E-state index contributed by atoms with van der Waals surface area (Å²) in [7, 11) is 2.97. The SMILES string of the molecule is CC[C@H](C(=O)Nc1cc(Cl)c(OC)cc1OC)n1nc(-c2cc(C)ccc2C)ccc1=O. The van der Waals surface area contributed by atoms with E-state index >= 15 is 0 Å². The number of hydrogen-bond donors (Lipinski definition) is 1. The number of benzene rings is 2. The second-order valence-corrected chi connectivity index (χ2v) is 7.83. The molecule has 32 heavy (non-hydrogen) atoms. The molecule has 0 aliphatic rings. The Bertz CT molecular complexity index is 1210. The van der Waals surface area contributed by atoms with Crippen LogP contribution in [-0.2, 0) is 4.79 Å². The predicted octanol–water partition coefficient (Wildman–Crippen LogP) is 4.79. The Morgan fingerprint density at radius 3 is 2.47 bits per heavy atom. The van der Waals surface area contributed by atoms with Gasteiger partial charge in [-0.2, -0.15) is 5.10 Å². The number of methoxy groups -OCH3 is 2. The Morgan fingerprint density at radius 2 is 1.81 bits per heavy atom. The molecule has 3 rings (SSSR count). The number of amides is 1. The normalized spacial score (nSPS) is 11.7. The average Bonchev–Trinajstić information content (AvgIpc) is 2.77. The summed E-state index contributed by atoms with van der Waals surface area (Å²) in [5.74, 6) is 0.409. The second-order valence-electron chi connectivity index (χ2n) is 7.42. The van der Waals surface area contributed by atoms with Crippen molar-refractivity contribution < 1.29 is 14.3 Å². The van der Waals surface area contributed by atoms with Crippen molar-refractivity contribution in [1.82, 2.24) is 9.78 Å². The molecule has 1 atom stereocenters. The highest BCUT2D eigenvalue weighted by atomic mass is 35.5. The molecule has 8 heteroatoms. The molecule has 0 radical (unpaired) electrons. The maximum atomic E-state index is 13.2. The van der Waals surface area contributed by atoms with Crippen molar-refractivity contribution in [2.24, 2.45) is 0 Å². The van der Waals surface area contributed by atoms with Crippen LogP contribution >= 0.6 is 11.6 Å². The summed E-state index contributed by atoms with van der Waals surface area (Å²) in [6, 6.07) is 11.5. The summed E-state index contributed by atoms with van der Waals surface area (Å²) >= 11 is 6.21. The third kappa shape index (κ3) is 4.78. The number of aromatic nitrogens is 2. The van der Waals surface area contributed by atoms with Gasteiger partial charge in [-0.05, 0) is 44.0 Å². The highest BCUT2D eigenvalue weighted by Crippen LogP contribution is 2.36. The molecule has 168 valence electrons. The average molecular weight is 456 g/mol. The highest BCUT2D eigenvalue weighted by Gasteiger charge is 2.23. The molecule has 1 aromatic heterocycles. The third-order valence-electron chi connectivity index (χ3n) is 5.21. The van der Waals surface area contributed by atoms with Gasteiger partial charge in [0.15, 0.2) is 0 Å². The van der Waals surface area contributed by atoms with Crippen molar-refractivity contribution in [3.8, 4) is 22.8 Å². The molecule has 7 nitrogen and oxygen atoms in total. The van der Waals surface area contributed by atoms with Crippen LogP contribution in [0.1, 0.15) is 30.5 Å². The molecular formula is C24H26ClN3O4. The lowest BCUT2D eigenvalue weighted by Gasteiger charge is -2.19. The van der Waals surface area contributed by atoms with E-state index in [0.717, 1.165) is 16.7 Å². The van der Waals surface area contributed by atoms with Crippen molar-refractivity contribution in [3.63, 3.8) is 0 Å². The molecule has 3 aromatic rings. The number of anilines is 1. The molecule has 0 bridgehead atoms. The molecule has 0 aliphatic heterocycles. The van der Waals surface area contributed by atoms with Crippen LogP contribution in [0.5, 0.6) is 11.5 Å². The quantitative estimate of drug-likeness (QED) is 0.554. The lowest BCUT2D eigenvalue weighted by atomic mass is 10.0. The summed E-state index contributed by atoms with van der Waals surface area (Å²) in [5.41, 5.74) is 3.67. The number of nitrogens with one attached hydrogen (secondary N) is 1. The summed E-state index contributed by atoms with van der Waals surface area (Å²) in [5, 5.41) is 7.66. The van der Waals surface area contributed by atoms with Gasteiger partial charge in [-0.15, -0.1) is 0 Å². The van der Waals surface area contributed by atoms with Crippen molar-refractivity contribution in [3.05, 3.63) is 69.0 Å². The first-order valence-corrected chi connectivity index (χ1v) is 10.6. The predicted molar refractivity (Wildman–Crippen MR) is 126 cm³/mol. The Kier molecular flexibility index (Phi) is 7.20. The molecular weight excluding hydrogens is 430 g/mol. The minimum Gasteiger partial charge on any atom is -0.495 e. The molecule has 0 fully saturated rings. The number of rotatable bonds is 7. The molecule has 1 amide bonds. The number of ether oxygens (including phenoxy) is 2. The molecule has 2 aromatic carbocycles. The van der Waals surface area contributed by atoms with E-state index < -0.39 is 11.9 Å². The molecule has 1 N–H and O–H groups in total. The van der Waals surface area contributed by atoms with E-state index in [1.807, 2.05) is 39.0 Å². The molecule has 0 saturated heterocycles. The number of carbonyl (C=O) groups is 1. The van der Waals surface area contributed by atoms with Crippen LogP contribution < -0.4 is 20.3 Å². The zero-order chi connectivity index (χ0) is 23.4. The summed E-state index contributed by atoms with van der Waals surface area (Å²) in [6.45, 7) is 5.80. The molecule has 1 heterocycles. The van der Waals surface area contributed by atoms with Crippen LogP contribution in [0.15, 0.2) is 47.3 Å². The lowest BCUT2D eigenvalue weighted by molar-refractivity contribution is -0.119. The van der Waals surface area contributed by atoms with Gasteiger partial charge in [0, 0.05) is 17.7 Å². The first-order valence-electron chi connectivity index (χ1n) is 10.2. The molecule has 0 saturated carbocycles. The zero-order valence-electron chi connectivity index (χ0n) is 18.7. The maximum absolute atomic E-state index is 13.2. The highest BCUT2D eigenvalue weighted by molar-refractivity contribution is 6.32. The van der Waals surface area contributed by atoms with E-state index in [4.69, 9.17) is 21.1 Å². The maximum Gasteiger partial charge on any atom is 0.267 e. The van der Waals surface area contributed by atoms with Gasteiger partial charge in [-0.1, -0.05) is 36.2 Å². The van der Waals surface area contributed by atoms with Crippen LogP contribution in [0, 0.1) is 13.8 Å².